The fourth-order valence-corrected chi connectivity index (χ4v) is 3.04. The minimum atomic E-state index is -0.339. The van der Waals surface area contributed by atoms with E-state index < -0.39 is 0 Å². The van der Waals surface area contributed by atoms with E-state index in [1.54, 1.807) is 24.8 Å². The number of aromatic amines is 1. The first kappa shape index (κ1) is 14.8. The number of aromatic nitrogens is 1. The van der Waals surface area contributed by atoms with Crippen LogP contribution in [-0.2, 0) is 0 Å². The second-order valence-corrected chi connectivity index (χ2v) is 5.50. The molecule has 0 unspecified atom stereocenters. The van der Waals surface area contributed by atoms with Crippen LogP contribution in [0.4, 0.5) is 0 Å². The lowest BCUT2D eigenvalue weighted by atomic mass is 10.1. The summed E-state index contributed by atoms with van der Waals surface area (Å²) in [4.78, 5) is 29.1. The lowest BCUT2D eigenvalue weighted by molar-refractivity contribution is 0.0635. The molecule has 5 nitrogen and oxygen atoms in total. The van der Waals surface area contributed by atoms with E-state index in [0.717, 1.165) is 31.4 Å². The minimum absolute atomic E-state index is 0.0783. The van der Waals surface area contributed by atoms with Crippen LogP contribution in [-0.4, -0.2) is 40.1 Å². The molecule has 0 atom stereocenters. The van der Waals surface area contributed by atoms with E-state index in [-0.39, 0.29) is 36.2 Å². The van der Waals surface area contributed by atoms with E-state index in [9.17, 15) is 14.7 Å². The Morgan fingerprint density at radius 1 is 1.40 bits per heavy atom. The quantitative estimate of drug-likeness (QED) is 0.873. The van der Waals surface area contributed by atoms with E-state index in [0.29, 0.717) is 5.56 Å². The summed E-state index contributed by atoms with van der Waals surface area (Å²) in [6, 6.07) is 1.95. The highest BCUT2D eigenvalue weighted by Gasteiger charge is 2.29. The van der Waals surface area contributed by atoms with Gasteiger partial charge in [-0.2, -0.15) is 0 Å². The number of pyridine rings is 1. The molecule has 110 valence electrons. The average Bonchev–Trinajstić information content (AvgIpc) is 2.87. The third-order valence-electron chi connectivity index (χ3n) is 3.95. The largest absolute Gasteiger partial charge is 0.395 e. The Bertz CT molecular complexity index is 545. The molecule has 0 saturated heterocycles. The van der Waals surface area contributed by atoms with Gasteiger partial charge in [0.15, 0.2) is 0 Å². The highest BCUT2D eigenvalue weighted by molar-refractivity contribution is 5.95. The maximum Gasteiger partial charge on any atom is 0.261 e. The summed E-state index contributed by atoms with van der Waals surface area (Å²) in [7, 11) is 0. The lowest BCUT2D eigenvalue weighted by Crippen LogP contribution is -2.43. The van der Waals surface area contributed by atoms with Crippen molar-refractivity contribution in [1.29, 1.82) is 0 Å². The molecule has 1 amide bonds. The van der Waals surface area contributed by atoms with Gasteiger partial charge in [0.05, 0.1) is 6.61 Å². The van der Waals surface area contributed by atoms with Gasteiger partial charge in [0.2, 0.25) is 0 Å². The zero-order chi connectivity index (χ0) is 14.7. The van der Waals surface area contributed by atoms with Crippen molar-refractivity contribution in [2.24, 2.45) is 0 Å². The van der Waals surface area contributed by atoms with Gasteiger partial charge < -0.3 is 15.0 Å². The number of hydrogen-bond donors (Lipinski definition) is 2. The third kappa shape index (κ3) is 2.93. The Kier molecular flexibility index (Phi) is 4.60. The number of carbonyl (C=O) groups excluding carboxylic acids is 1. The number of nitrogens with one attached hydrogen (secondary N) is 1. The normalized spacial score (nSPS) is 15.6. The average molecular weight is 278 g/mol. The molecule has 0 aliphatic heterocycles. The number of carbonyl (C=O) groups is 1. The smallest absolute Gasteiger partial charge is 0.261 e. The monoisotopic (exact) mass is 278 g/mol. The van der Waals surface area contributed by atoms with Crippen LogP contribution in [0.3, 0.4) is 0 Å². The number of hydrogen-bond acceptors (Lipinski definition) is 3. The molecule has 2 rings (SSSR count). The molecule has 1 aromatic rings. The van der Waals surface area contributed by atoms with Crippen LogP contribution in [0.5, 0.6) is 0 Å². The Morgan fingerprint density at radius 2 is 2.05 bits per heavy atom. The molecule has 0 spiro atoms. The van der Waals surface area contributed by atoms with Gasteiger partial charge in [-0.25, -0.2) is 0 Å². The number of rotatable bonds is 4. The number of nitrogens with zero attached hydrogens (tertiary/aromatic N) is 1. The molecule has 1 fully saturated rings. The Morgan fingerprint density at radius 3 is 2.60 bits per heavy atom. The molecular formula is C15H22N2O3. The summed E-state index contributed by atoms with van der Waals surface area (Å²) < 4.78 is 0. The van der Waals surface area contributed by atoms with Crippen LogP contribution in [0.1, 0.15) is 47.3 Å². The highest BCUT2D eigenvalue weighted by atomic mass is 16.3. The topological polar surface area (TPSA) is 73.4 Å². The number of H-pyrrole nitrogens is 1. The fraction of sp³-hybridized carbons (Fsp3) is 0.600. The SMILES string of the molecule is Cc1cc(C)c(C(=O)N(CCO)C2CCCC2)c(=O)[nH]1. The van der Waals surface area contributed by atoms with E-state index in [4.69, 9.17) is 0 Å². The van der Waals surface area contributed by atoms with Gasteiger partial charge in [-0.3, -0.25) is 9.59 Å². The molecule has 0 aromatic carbocycles. The van der Waals surface area contributed by atoms with Gasteiger partial charge in [-0.1, -0.05) is 12.8 Å². The second-order valence-electron chi connectivity index (χ2n) is 5.50. The number of aliphatic hydroxyl groups is 1. The summed E-state index contributed by atoms with van der Waals surface area (Å²) in [5.41, 5.74) is 1.31. The molecule has 2 N–H and O–H groups in total. The lowest BCUT2D eigenvalue weighted by Gasteiger charge is -2.28. The second kappa shape index (κ2) is 6.22. The summed E-state index contributed by atoms with van der Waals surface area (Å²) in [6.45, 7) is 3.79. The van der Waals surface area contributed by atoms with Crippen LogP contribution < -0.4 is 5.56 Å². The van der Waals surface area contributed by atoms with Crippen molar-refractivity contribution in [3.63, 3.8) is 0 Å². The summed E-state index contributed by atoms with van der Waals surface area (Å²) >= 11 is 0. The Balaban J connectivity index is 2.34. The minimum Gasteiger partial charge on any atom is -0.395 e. The molecule has 1 aromatic heterocycles. The first-order valence-electron chi connectivity index (χ1n) is 7.17. The van der Waals surface area contributed by atoms with Crippen molar-refractivity contribution in [3.05, 3.63) is 33.2 Å². The van der Waals surface area contributed by atoms with Gasteiger partial charge in [0, 0.05) is 18.3 Å². The highest BCUT2D eigenvalue weighted by Crippen LogP contribution is 2.24. The molecule has 5 heteroatoms. The van der Waals surface area contributed by atoms with Crippen LogP contribution in [0.2, 0.25) is 0 Å². The van der Waals surface area contributed by atoms with E-state index >= 15 is 0 Å². The van der Waals surface area contributed by atoms with Crippen molar-refractivity contribution in [2.45, 2.75) is 45.6 Å². The fourth-order valence-electron chi connectivity index (χ4n) is 3.04. The van der Waals surface area contributed by atoms with E-state index in [2.05, 4.69) is 4.98 Å². The molecule has 0 radical (unpaired) electrons. The maximum atomic E-state index is 12.7. The van der Waals surface area contributed by atoms with Gasteiger partial charge in [-0.05, 0) is 38.3 Å². The van der Waals surface area contributed by atoms with Crippen LogP contribution in [0.15, 0.2) is 10.9 Å². The summed E-state index contributed by atoms with van der Waals surface area (Å²) in [5.74, 6) is -0.260. The maximum absolute atomic E-state index is 12.7. The van der Waals surface area contributed by atoms with E-state index in [1.807, 2.05) is 0 Å². The van der Waals surface area contributed by atoms with Crippen LogP contribution >= 0.6 is 0 Å². The van der Waals surface area contributed by atoms with Gasteiger partial charge in [0.1, 0.15) is 5.56 Å². The number of aryl methyl sites for hydroxylation is 2. The number of amides is 1. The summed E-state index contributed by atoms with van der Waals surface area (Å²) in [6.07, 6.45) is 4.11. The predicted octanol–water partition coefficient (Wildman–Crippen LogP) is 1.37. The Hall–Kier alpha value is -1.62. The van der Waals surface area contributed by atoms with Crippen molar-refractivity contribution >= 4 is 5.91 Å². The standard InChI is InChI=1S/C15H22N2O3/c1-10-9-11(2)16-14(19)13(10)15(20)17(7-8-18)12-5-3-4-6-12/h9,12,18H,3-8H2,1-2H3,(H,16,19). The van der Waals surface area contributed by atoms with E-state index in [1.165, 1.54) is 0 Å². The first-order valence-corrected chi connectivity index (χ1v) is 7.17. The van der Waals surface area contributed by atoms with Crippen LogP contribution in [0.25, 0.3) is 0 Å². The molecular weight excluding hydrogens is 256 g/mol. The predicted molar refractivity (Wildman–Crippen MR) is 76.9 cm³/mol. The Labute approximate surface area is 118 Å². The number of aliphatic hydroxyl groups excluding tert-OH is 1. The zero-order valence-electron chi connectivity index (χ0n) is 12.1. The molecule has 1 aliphatic rings. The third-order valence-corrected chi connectivity index (χ3v) is 3.95. The first-order chi connectivity index (χ1) is 9.54. The van der Waals surface area contributed by atoms with Gasteiger partial charge in [-0.15, -0.1) is 0 Å². The van der Waals surface area contributed by atoms with Crippen molar-refractivity contribution in [2.75, 3.05) is 13.2 Å². The molecule has 1 heterocycles. The van der Waals surface area contributed by atoms with Gasteiger partial charge >= 0.3 is 0 Å². The van der Waals surface area contributed by atoms with Crippen molar-refractivity contribution in [3.8, 4) is 0 Å². The molecule has 1 aliphatic carbocycles. The van der Waals surface area contributed by atoms with Crippen LogP contribution in [0, 0.1) is 13.8 Å². The van der Waals surface area contributed by atoms with Crippen molar-refractivity contribution < 1.29 is 9.90 Å². The summed E-state index contributed by atoms with van der Waals surface area (Å²) in [5, 5.41) is 9.20. The van der Waals surface area contributed by atoms with Crippen molar-refractivity contribution in [1.82, 2.24) is 9.88 Å². The zero-order valence-corrected chi connectivity index (χ0v) is 12.1. The molecule has 0 bridgehead atoms. The molecule has 1 saturated carbocycles. The molecule has 20 heavy (non-hydrogen) atoms. The van der Waals surface area contributed by atoms with Gasteiger partial charge in [0.25, 0.3) is 11.5 Å².